The topological polar surface area (TPSA) is 30.7 Å². The van der Waals surface area contributed by atoms with E-state index >= 15 is 0 Å². The Morgan fingerprint density at radius 2 is 1.95 bits per heavy atom. The highest BCUT2D eigenvalue weighted by atomic mass is 16.5. The molecule has 0 amide bonds. The zero-order valence-electron chi connectivity index (χ0n) is 13.6. The van der Waals surface area contributed by atoms with Gasteiger partial charge in [-0.3, -0.25) is 4.79 Å². The molecule has 3 heteroatoms. The number of carbonyl (C=O) groups is 1. The van der Waals surface area contributed by atoms with E-state index in [2.05, 4.69) is 13.8 Å². The second-order valence-electron chi connectivity index (χ2n) is 6.57. The van der Waals surface area contributed by atoms with E-state index in [1.54, 1.807) is 11.8 Å². The van der Waals surface area contributed by atoms with E-state index in [4.69, 9.17) is 4.74 Å². The minimum atomic E-state index is 0.125. The minimum Gasteiger partial charge on any atom is -0.493 e. The maximum atomic E-state index is 11.6. The molecular weight excluding hydrogens is 262 g/mol. The number of ether oxygens (including phenoxy) is 1. The molecule has 0 radical (unpaired) electrons. The van der Waals surface area contributed by atoms with E-state index in [9.17, 15) is 4.79 Å². The lowest BCUT2D eigenvalue weighted by molar-refractivity contribution is -0.918. The summed E-state index contributed by atoms with van der Waals surface area (Å²) in [4.78, 5) is 13.2. The Kier molecular flexibility index (Phi) is 5.80. The summed E-state index contributed by atoms with van der Waals surface area (Å²) in [6, 6.07) is 5.88. The van der Waals surface area contributed by atoms with Gasteiger partial charge in [0.05, 0.1) is 19.7 Å². The van der Waals surface area contributed by atoms with Gasteiger partial charge in [0.15, 0.2) is 5.78 Å². The molecule has 21 heavy (non-hydrogen) atoms. The molecule has 3 nitrogen and oxygen atoms in total. The van der Waals surface area contributed by atoms with Crippen LogP contribution in [0.3, 0.4) is 0 Å². The number of benzene rings is 1. The number of Topliss-reactive ketones (excluding diaryl/α,β-unsaturated/α-hetero) is 1. The first-order chi connectivity index (χ1) is 10.1. The molecule has 1 fully saturated rings. The Balaban J connectivity index is 2.15. The third kappa shape index (κ3) is 4.85. The van der Waals surface area contributed by atoms with E-state index in [1.165, 1.54) is 37.9 Å². The van der Waals surface area contributed by atoms with Gasteiger partial charge in [-0.2, -0.15) is 0 Å². The van der Waals surface area contributed by atoms with Crippen LogP contribution in [0.25, 0.3) is 0 Å². The molecule has 1 aromatic carbocycles. The van der Waals surface area contributed by atoms with Crippen LogP contribution >= 0.6 is 0 Å². The van der Waals surface area contributed by atoms with Gasteiger partial charge in [0.1, 0.15) is 12.3 Å². The average Bonchev–Trinajstić information content (AvgIpc) is 2.46. The third-order valence-electron chi connectivity index (χ3n) is 4.04. The standard InChI is InChI=1S/C18H27NO2/c1-14(2)13-21-18-8-7-16(15(3)20)11-17(18)12-19-9-5-4-6-10-19/h7-8,11,14H,4-6,9-10,12-13H2,1-3H3/p+1. The fraction of sp³-hybridized carbons (Fsp3) is 0.611. The molecule has 2 rings (SSSR count). The fourth-order valence-electron chi connectivity index (χ4n) is 2.83. The number of quaternary nitrogens is 1. The molecule has 0 bridgehead atoms. The SMILES string of the molecule is CC(=O)c1ccc(OCC(C)C)c(C[NH+]2CCCCC2)c1. The molecule has 0 saturated carbocycles. The fourth-order valence-corrected chi connectivity index (χ4v) is 2.83. The van der Waals surface area contributed by atoms with Crippen LogP contribution in [0.5, 0.6) is 5.75 Å². The zero-order chi connectivity index (χ0) is 15.2. The Bertz CT molecular complexity index is 476. The van der Waals surface area contributed by atoms with Crippen LogP contribution in [0.4, 0.5) is 0 Å². The molecular formula is C18H28NO2+. The molecule has 1 aromatic rings. The summed E-state index contributed by atoms with van der Waals surface area (Å²) >= 11 is 0. The molecule has 0 atom stereocenters. The summed E-state index contributed by atoms with van der Waals surface area (Å²) in [7, 11) is 0. The largest absolute Gasteiger partial charge is 0.493 e. The van der Waals surface area contributed by atoms with E-state index in [1.807, 2.05) is 18.2 Å². The number of hydrogen-bond donors (Lipinski definition) is 1. The van der Waals surface area contributed by atoms with Gasteiger partial charge in [-0.1, -0.05) is 13.8 Å². The molecule has 116 valence electrons. The van der Waals surface area contributed by atoms with E-state index in [-0.39, 0.29) is 5.78 Å². The summed E-state index contributed by atoms with van der Waals surface area (Å²) in [5, 5.41) is 0. The maximum Gasteiger partial charge on any atom is 0.159 e. The summed E-state index contributed by atoms with van der Waals surface area (Å²) in [5.74, 6) is 1.58. The molecule has 0 aliphatic carbocycles. The van der Waals surface area contributed by atoms with Gasteiger partial charge in [0.25, 0.3) is 0 Å². The number of ketones is 1. The zero-order valence-corrected chi connectivity index (χ0v) is 13.6. The lowest BCUT2D eigenvalue weighted by atomic mass is 10.0. The summed E-state index contributed by atoms with van der Waals surface area (Å²) in [6.07, 6.45) is 3.97. The number of likely N-dealkylation sites (tertiary alicyclic amines) is 1. The first kappa shape index (κ1) is 16.0. The maximum absolute atomic E-state index is 11.6. The van der Waals surface area contributed by atoms with Crippen molar-refractivity contribution < 1.29 is 14.4 Å². The van der Waals surface area contributed by atoms with Crippen molar-refractivity contribution >= 4 is 5.78 Å². The summed E-state index contributed by atoms with van der Waals surface area (Å²) < 4.78 is 5.95. The predicted molar refractivity (Wildman–Crippen MR) is 85.0 cm³/mol. The molecule has 1 saturated heterocycles. The number of piperidine rings is 1. The monoisotopic (exact) mass is 290 g/mol. The van der Waals surface area contributed by atoms with Crippen molar-refractivity contribution in [3.05, 3.63) is 29.3 Å². The van der Waals surface area contributed by atoms with Crippen molar-refractivity contribution in [1.82, 2.24) is 0 Å². The quantitative estimate of drug-likeness (QED) is 0.816. The van der Waals surface area contributed by atoms with Gasteiger partial charge >= 0.3 is 0 Å². The predicted octanol–water partition coefficient (Wildman–Crippen LogP) is 2.49. The van der Waals surface area contributed by atoms with E-state index < -0.39 is 0 Å². The Labute approximate surface area is 128 Å². The molecule has 1 aliphatic rings. The van der Waals surface area contributed by atoms with Crippen LogP contribution < -0.4 is 9.64 Å². The highest BCUT2D eigenvalue weighted by molar-refractivity contribution is 5.94. The van der Waals surface area contributed by atoms with E-state index in [0.29, 0.717) is 5.92 Å². The second-order valence-corrected chi connectivity index (χ2v) is 6.57. The van der Waals surface area contributed by atoms with Crippen molar-refractivity contribution in [3.63, 3.8) is 0 Å². The normalized spacial score (nSPS) is 16.2. The van der Waals surface area contributed by atoms with Crippen LogP contribution in [0.2, 0.25) is 0 Å². The lowest BCUT2D eigenvalue weighted by Gasteiger charge is -2.24. The molecule has 1 N–H and O–H groups in total. The Hall–Kier alpha value is -1.35. The highest BCUT2D eigenvalue weighted by Crippen LogP contribution is 2.21. The van der Waals surface area contributed by atoms with Crippen LogP contribution in [0, 0.1) is 5.92 Å². The number of nitrogens with one attached hydrogen (secondary N) is 1. The number of hydrogen-bond acceptors (Lipinski definition) is 2. The van der Waals surface area contributed by atoms with Crippen molar-refractivity contribution in [1.29, 1.82) is 0 Å². The van der Waals surface area contributed by atoms with Gasteiger partial charge in [-0.15, -0.1) is 0 Å². The summed E-state index contributed by atoms with van der Waals surface area (Å²) in [5.41, 5.74) is 1.97. The van der Waals surface area contributed by atoms with Crippen LogP contribution in [-0.2, 0) is 6.54 Å². The second kappa shape index (κ2) is 7.60. The molecule has 1 heterocycles. The molecule has 1 aliphatic heterocycles. The lowest BCUT2D eigenvalue weighted by Crippen LogP contribution is -3.11. The minimum absolute atomic E-state index is 0.125. The van der Waals surface area contributed by atoms with Gasteiger partial charge in [-0.05, 0) is 50.3 Å². The van der Waals surface area contributed by atoms with Crippen molar-refractivity contribution in [2.75, 3.05) is 19.7 Å². The molecule has 0 spiro atoms. The Morgan fingerprint density at radius 3 is 2.57 bits per heavy atom. The number of carbonyl (C=O) groups excluding carboxylic acids is 1. The van der Waals surface area contributed by atoms with Crippen LogP contribution in [-0.4, -0.2) is 25.5 Å². The van der Waals surface area contributed by atoms with Crippen molar-refractivity contribution in [2.24, 2.45) is 5.92 Å². The molecule has 0 unspecified atom stereocenters. The smallest absolute Gasteiger partial charge is 0.159 e. The van der Waals surface area contributed by atoms with Gasteiger partial charge < -0.3 is 9.64 Å². The Morgan fingerprint density at radius 1 is 1.24 bits per heavy atom. The van der Waals surface area contributed by atoms with E-state index in [0.717, 1.165) is 24.5 Å². The summed E-state index contributed by atoms with van der Waals surface area (Å²) in [6.45, 7) is 10.1. The van der Waals surface area contributed by atoms with Crippen LogP contribution in [0.15, 0.2) is 18.2 Å². The third-order valence-corrected chi connectivity index (χ3v) is 4.04. The average molecular weight is 290 g/mol. The first-order valence-corrected chi connectivity index (χ1v) is 8.16. The van der Waals surface area contributed by atoms with Gasteiger partial charge in [-0.25, -0.2) is 0 Å². The van der Waals surface area contributed by atoms with Crippen molar-refractivity contribution in [2.45, 2.75) is 46.6 Å². The molecule has 0 aromatic heterocycles. The number of rotatable bonds is 6. The van der Waals surface area contributed by atoms with Crippen molar-refractivity contribution in [3.8, 4) is 5.75 Å². The van der Waals surface area contributed by atoms with Crippen LogP contribution in [0.1, 0.15) is 56.0 Å². The first-order valence-electron chi connectivity index (χ1n) is 8.16. The van der Waals surface area contributed by atoms with Gasteiger partial charge in [0, 0.05) is 11.1 Å². The van der Waals surface area contributed by atoms with Gasteiger partial charge in [0.2, 0.25) is 0 Å². The highest BCUT2D eigenvalue weighted by Gasteiger charge is 2.17.